The lowest BCUT2D eigenvalue weighted by Gasteiger charge is -2.30. The maximum Gasteiger partial charge on any atom is 0.126 e. The Kier molecular flexibility index (Phi) is 5.64. The fourth-order valence-electron chi connectivity index (χ4n) is 2.91. The van der Waals surface area contributed by atoms with Gasteiger partial charge in [-0.1, -0.05) is 26.2 Å². The number of nitrogens with one attached hydrogen (secondary N) is 1. The second-order valence-electron chi connectivity index (χ2n) is 5.38. The van der Waals surface area contributed by atoms with Gasteiger partial charge in [0, 0.05) is 12.7 Å². The topological polar surface area (TPSA) is 34.1 Å². The molecule has 106 valence electrons. The Labute approximate surface area is 116 Å². The molecular formula is C16H26N2O. The number of nitrogens with zero attached hydrogens (tertiary/aromatic N) is 1. The summed E-state index contributed by atoms with van der Waals surface area (Å²) in [6, 6.07) is 4.14. The van der Waals surface area contributed by atoms with Crippen molar-refractivity contribution in [3.63, 3.8) is 0 Å². The summed E-state index contributed by atoms with van der Waals surface area (Å²) in [5.41, 5.74) is 1.21. The quantitative estimate of drug-likeness (QED) is 0.841. The molecule has 0 aliphatic heterocycles. The first kappa shape index (κ1) is 14.3. The van der Waals surface area contributed by atoms with E-state index in [1.165, 1.54) is 37.7 Å². The van der Waals surface area contributed by atoms with Crippen LogP contribution in [-0.4, -0.2) is 17.6 Å². The highest BCUT2D eigenvalue weighted by Gasteiger charge is 2.24. The van der Waals surface area contributed by atoms with Crippen molar-refractivity contribution < 1.29 is 4.74 Å². The first-order chi connectivity index (χ1) is 9.33. The van der Waals surface area contributed by atoms with Crippen LogP contribution in [0.15, 0.2) is 18.3 Å². The van der Waals surface area contributed by atoms with E-state index in [-0.39, 0.29) is 0 Å². The van der Waals surface area contributed by atoms with Gasteiger partial charge in [0.1, 0.15) is 5.82 Å². The van der Waals surface area contributed by atoms with Crippen LogP contribution >= 0.6 is 0 Å². The minimum atomic E-state index is 0.453. The van der Waals surface area contributed by atoms with E-state index < -0.39 is 0 Å². The lowest BCUT2D eigenvalue weighted by Crippen LogP contribution is -2.27. The van der Waals surface area contributed by atoms with Crippen LogP contribution in [-0.2, 0) is 11.3 Å². The Morgan fingerprint density at radius 1 is 1.32 bits per heavy atom. The molecule has 1 heterocycles. The van der Waals surface area contributed by atoms with Crippen molar-refractivity contribution >= 4 is 5.82 Å². The van der Waals surface area contributed by atoms with Gasteiger partial charge in [-0.15, -0.1) is 0 Å². The van der Waals surface area contributed by atoms with Crippen molar-refractivity contribution in [3.05, 3.63) is 23.9 Å². The summed E-state index contributed by atoms with van der Waals surface area (Å²) >= 11 is 0. The van der Waals surface area contributed by atoms with E-state index in [0.717, 1.165) is 18.3 Å². The molecule has 2 atom stereocenters. The van der Waals surface area contributed by atoms with Crippen molar-refractivity contribution in [1.29, 1.82) is 0 Å². The summed E-state index contributed by atoms with van der Waals surface area (Å²) in [6.45, 7) is 5.97. The van der Waals surface area contributed by atoms with Crippen LogP contribution in [0.2, 0.25) is 0 Å². The van der Waals surface area contributed by atoms with Gasteiger partial charge in [0.2, 0.25) is 0 Å². The van der Waals surface area contributed by atoms with Gasteiger partial charge >= 0.3 is 0 Å². The largest absolute Gasteiger partial charge is 0.373 e. The number of hydrogen-bond donors (Lipinski definition) is 1. The third kappa shape index (κ3) is 4.20. The van der Waals surface area contributed by atoms with E-state index in [9.17, 15) is 0 Å². The molecule has 0 bridgehead atoms. The van der Waals surface area contributed by atoms with E-state index in [1.807, 2.05) is 12.3 Å². The molecule has 2 rings (SSSR count). The average Bonchev–Trinajstić information content (AvgIpc) is 2.46. The minimum absolute atomic E-state index is 0.453. The van der Waals surface area contributed by atoms with Crippen LogP contribution in [0.5, 0.6) is 0 Å². The Bertz CT molecular complexity index is 381. The zero-order valence-electron chi connectivity index (χ0n) is 12.2. The Morgan fingerprint density at radius 3 is 2.95 bits per heavy atom. The van der Waals surface area contributed by atoms with Crippen LogP contribution in [0.3, 0.4) is 0 Å². The summed E-state index contributed by atoms with van der Waals surface area (Å²) < 4.78 is 6.15. The number of anilines is 1. The molecule has 1 saturated carbocycles. The lowest BCUT2D eigenvalue weighted by atomic mass is 9.85. The highest BCUT2D eigenvalue weighted by atomic mass is 16.5. The molecule has 3 heteroatoms. The van der Waals surface area contributed by atoms with E-state index in [0.29, 0.717) is 12.7 Å². The summed E-state index contributed by atoms with van der Waals surface area (Å²) in [5, 5.41) is 3.24. The van der Waals surface area contributed by atoms with Crippen LogP contribution < -0.4 is 5.32 Å². The van der Waals surface area contributed by atoms with Gasteiger partial charge in [-0.25, -0.2) is 4.98 Å². The molecule has 0 amide bonds. The number of aromatic nitrogens is 1. The van der Waals surface area contributed by atoms with Crippen molar-refractivity contribution in [2.24, 2.45) is 5.92 Å². The molecule has 1 aromatic rings. The molecule has 19 heavy (non-hydrogen) atoms. The second-order valence-corrected chi connectivity index (χ2v) is 5.38. The van der Waals surface area contributed by atoms with Crippen LogP contribution in [0.4, 0.5) is 5.82 Å². The lowest BCUT2D eigenvalue weighted by molar-refractivity contribution is -0.0221. The summed E-state index contributed by atoms with van der Waals surface area (Å²) in [6.07, 6.45) is 8.80. The maximum absolute atomic E-state index is 6.15. The van der Waals surface area contributed by atoms with Gasteiger partial charge in [0.15, 0.2) is 0 Å². The summed E-state index contributed by atoms with van der Waals surface area (Å²) in [5.74, 6) is 1.70. The van der Waals surface area contributed by atoms with E-state index in [4.69, 9.17) is 4.74 Å². The van der Waals surface area contributed by atoms with Gasteiger partial charge in [-0.05, 0) is 43.4 Å². The molecule has 2 unspecified atom stereocenters. The predicted molar refractivity (Wildman–Crippen MR) is 79.2 cm³/mol. The molecule has 0 radical (unpaired) electrons. The predicted octanol–water partition coefficient (Wildman–Crippen LogP) is 4.00. The average molecular weight is 262 g/mol. The van der Waals surface area contributed by atoms with Gasteiger partial charge in [0.05, 0.1) is 12.7 Å². The normalized spacial score (nSPS) is 23.3. The van der Waals surface area contributed by atoms with Crippen molar-refractivity contribution in [2.75, 3.05) is 11.9 Å². The molecule has 1 fully saturated rings. The first-order valence-corrected chi connectivity index (χ1v) is 7.63. The van der Waals surface area contributed by atoms with Gasteiger partial charge in [-0.2, -0.15) is 0 Å². The molecule has 1 aliphatic rings. The van der Waals surface area contributed by atoms with E-state index in [2.05, 4.69) is 30.2 Å². The van der Waals surface area contributed by atoms with Crippen molar-refractivity contribution in [1.82, 2.24) is 4.98 Å². The number of hydrogen-bond acceptors (Lipinski definition) is 3. The Balaban J connectivity index is 1.88. The molecule has 1 aromatic heterocycles. The van der Waals surface area contributed by atoms with Gasteiger partial charge in [-0.3, -0.25) is 0 Å². The minimum Gasteiger partial charge on any atom is -0.373 e. The molecule has 0 spiro atoms. The molecule has 1 aliphatic carbocycles. The van der Waals surface area contributed by atoms with Crippen molar-refractivity contribution in [2.45, 2.75) is 58.7 Å². The smallest absolute Gasteiger partial charge is 0.126 e. The molecular weight excluding hydrogens is 236 g/mol. The number of ether oxygens (including phenoxy) is 1. The second kappa shape index (κ2) is 7.49. The zero-order chi connectivity index (χ0) is 13.5. The first-order valence-electron chi connectivity index (χ1n) is 7.63. The Hall–Kier alpha value is -1.09. The highest BCUT2D eigenvalue weighted by molar-refractivity contribution is 5.36. The SMILES string of the molecule is CCNc1cc(COC2CCCCC2CC)ccn1. The van der Waals surface area contributed by atoms with E-state index in [1.54, 1.807) is 0 Å². The molecule has 3 nitrogen and oxygen atoms in total. The van der Waals surface area contributed by atoms with Crippen LogP contribution in [0, 0.1) is 5.92 Å². The molecule has 0 aromatic carbocycles. The van der Waals surface area contributed by atoms with Gasteiger partial charge in [0.25, 0.3) is 0 Å². The summed E-state index contributed by atoms with van der Waals surface area (Å²) in [7, 11) is 0. The van der Waals surface area contributed by atoms with E-state index >= 15 is 0 Å². The Morgan fingerprint density at radius 2 is 2.16 bits per heavy atom. The maximum atomic E-state index is 6.15. The third-order valence-electron chi connectivity index (χ3n) is 4.01. The number of pyridine rings is 1. The molecule has 1 N–H and O–H groups in total. The fourth-order valence-corrected chi connectivity index (χ4v) is 2.91. The van der Waals surface area contributed by atoms with Crippen molar-refractivity contribution in [3.8, 4) is 0 Å². The number of rotatable bonds is 6. The van der Waals surface area contributed by atoms with Crippen LogP contribution in [0.1, 0.15) is 51.5 Å². The van der Waals surface area contributed by atoms with Crippen LogP contribution in [0.25, 0.3) is 0 Å². The standard InChI is InChI=1S/C16H26N2O/c1-3-14-7-5-6-8-15(14)19-12-13-9-10-18-16(11-13)17-4-2/h9-11,14-15H,3-8,12H2,1-2H3,(H,17,18). The summed E-state index contributed by atoms with van der Waals surface area (Å²) in [4.78, 5) is 4.29. The monoisotopic (exact) mass is 262 g/mol. The third-order valence-corrected chi connectivity index (χ3v) is 4.01. The zero-order valence-corrected chi connectivity index (χ0v) is 12.2. The van der Waals surface area contributed by atoms with Gasteiger partial charge < -0.3 is 10.1 Å². The molecule has 0 saturated heterocycles. The highest BCUT2D eigenvalue weighted by Crippen LogP contribution is 2.29. The fraction of sp³-hybridized carbons (Fsp3) is 0.688.